The maximum absolute atomic E-state index is 11.5. The van der Waals surface area contributed by atoms with E-state index in [2.05, 4.69) is 0 Å². The van der Waals surface area contributed by atoms with Crippen molar-refractivity contribution in [2.24, 2.45) is 11.8 Å². The van der Waals surface area contributed by atoms with Gasteiger partial charge in [-0.2, -0.15) is 0 Å². The van der Waals surface area contributed by atoms with Crippen molar-refractivity contribution in [3.63, 3.8) is 0 Å². The first kappa shape index (κ1) is 11.3. The van der Waals surface area contributed by atoms with Gasteiger partial charge < -0.3 is 9.84 Å². The largest absolute Gasteiger partial charge is 0.458 e. The second-order valence-electron chi connectivity index (χ2n) is 4.68. The van der Waals surface area contributed by atoms with Gasteiger partial charge in [0.15, 0.2) is 0 Å². The second-order valence-corrected chi connectivity index (χ2v) is 4.68. The van der Waals surface area contributed by atoms with Gasteiger partial charge in [0.25, 0.3) is 0 Å². The fraction of sp³-hybridized carbons (Fsp3) is 0.667. The Balaban J connectivity index is 2.31. The SMILES string of the molecule is CC(=O)C1C(O)CCC2C(C)=CC(=O)OC21. The van der Waals surface area contributed by atoms with Gasteiger partial charge in [-0.15, -0.1) is 0 Å². The van der Waals surface area contributed by atoms with Gasteiger partial charge in [-0.3, -0.25) is 4.79 Å². The highest BCUT2D eigenvalue weighted by Gasteiger charge is 2.45. The van der Waals surface area contributed by atoms with Crippen molar-refractivity contribution in [3.8, 4) is 0 Å². The topological polar surface area (TPSA) is 63.6 Å². The van der Waals surface area contributed by atoms with Gasteiger partial charge in [0.1, 0.15) is 11.9 Å². The molecular weight excluding hydrogens is 208 g/mol. The first-order valence-corrected chi connectivity index (χ1v) is 5.58. The van der Waals surface area contributed by atoms with Gasteiger partial charge in [-0.25, -0.2) is 4.79 Å². The van der Waals surface area contributed by atoms with E-state index in [0.29, 0.717) is 6.42 Å². The highest BCUT2D eigenvalue weighted by Crippen LogP contribution is 2.38. The summed E-state index contributed by atoms with van der Waals surface area (Å²) in [6.07, 6.45) is 1.69. The Morgan fingerprint density at radius 1 is 1.50 bits per heavy atom. The van der Waals surface area contributed by atoms with E-state index in [1.54, 1.807) is 0 Å². The Bertz CT molecular complexity index is 358. The summed E-state index contributed by atoms with van der Waals surface area (Å²) in [5.74, 6) is -0.981. The van der Waals surface area contributed by atoms with Crippen LogP contribution < -0.4 is 0 Å². The highest BCUT2D eigenvalue weighted by molar-refractivity contribution is 5.86. The summed E-state index contributed by atoms with van der Waals surface area (Å²) in [6, 6.07) is 0. The van der Waals surface area contributed by atoms with E-state index in [0.717, 1.165) is 12.0 Å². The summed E-state index contributed by atoms with van der Waals surface area (Å²) in [5.41, 5.74) is 0.958. The number of ether oxygens (including phenoxy) is 1. The van der Waals surface area contributed by atoms with Gasteiger partial charge in [0, 0.05) is 12.0 Å². The number of aliphatic hydroxyl groups excluding tert-OH is 1. The van der Waals surface area contributed by atoms with Crippen LogP contribution in [0.1, 0.15) is 26.7 Å². The average molecular weight is 224 g/mol. The molecule has 88 valence electrons. The molecule has 1 heterocycles. The number of aliphatic hydroxyl groups is 1. The third kappa shape index (κ3) is 1.78. The number of fused-ring (bicyclic) bond motifs is 1. The highest BCUT2D eigenvalue weighted by atomic mass is 16.5. The molecule has 0 saturated heterocycles. The lowest BCUT2D eigenvalue weighted by molar-refractivity contribution is -0.161. The fourth-order valence-corrected chi connectivity index (χ4v) is 2.77. The van der Waals surface area contributed by atoms with Crippen LogP contribution in [0.15, 0.2) is 11.6 Å². The van der Waals surface area contributed by atoms with Crippen molar-refractivity contribution >= 4 is 11.8 Å². The molecule has 0 aromatic carbocycles. The molecule has 2 aliphatic rings. The van der Waals surface area contributed by atoms with Crippen LogP contribution in [0.3, 0.4) is 0 Å². The molecule has 1 aliphatic heterocycles. The Morgan fingerprint density at radius 2 is 2.19 bits per heavy atom. The Labute approximate surface area is 94.3 Å². The summed E-state index contributed by atoms with van der Waals surface area (Å²) < 4.78 is 5.21. The molecule has 1 saturated carbocycles. The molecule has 0 aromatic heterocycles. The lowest BCUT2D eigenvalue weighted by atomic mass is 9.71. The lowest BCUT2D eigenvalue weighted by Crippen LogP contribution is -2.49. The summed E-state index contributed by atoms with van der Waals surface area (Å²) in [7, 11) is 0. The van der Waals surface area contributed by atoms with E-state index in [9.17, 15) is 14.7 Å². The van der Waals surface area contributed by atoms with Crippen molar-refractivity contribution in [1.29, 1.82) is 0 Å². The number of Topliss-reactive ketones (excluding diaryl/α,β-unsaturated/α-hetero) is 1. The van der Waals surface area contributed by atoms with Crippen molar-refractivity contribution < 1.29 is 19.4 Å². The summed E-state index contributed by atoms with van der Waals surface area (Å²) >= 11 is 0. The maximum Gasteiger partial charge on any atom is 0.331 e. The van der Waals surface area contributed by atoms with Crippen molar-refractivity contribution in [3.05, 3.63) is 11.6 Å². The minimum atomic E-state index is -0.683. The van der Waals surface area contributed by atoms with E-state index in [1.165, 1.54) is 13.0 Å². The number of hydrogen-bond donors (Lipinski definition) is 1. The van der Waals surface area contributed by atoms with Crippen LogP contribution in [0.4, 0.5) is 0 Å². The number of ketones is 1. The molecule has 4 atom stereocenters. The van der Waals surface area contributed by atoms with E-state index in [4.69, 9.17) is 4.74 Å². The number of rotatable bonds is 1. The number of carbonyl (C=O) groups is 2. The van der Waals surface area contributed by atoms with Gasteiger partial charge in [-0.05, 0) is 26.7 Å². The second kappa shape index (κ2) is 4.01. The summed E-state index contributed by atoms with van der Waals surface area (Å²) in [5, 5.41) is 9.82. The third-order valence-electron chi connectivity index (χ3n) is 3.59. The van der Waals surface area contributed by atoms with Crippen LogP contribution in [-0.2, 0) is 14.3 Å². The summed E-state index contributed by atoms with van der Waals surface area (Å²) in [6.45, 7) is 3.32. The molecule has 1 fully saturated rings. The third-order valence-corrected chi connectivity index (χ3v) is 3.59. The lowest BCUT2D eigenvalue weighted by Gasteiger charge is -2.41. The van der Waals surface area contributed by atoms with Crippen LogP contribution in [0.25, 0.3) is 0 Å². The Morgan fingerprint density at radius 3 is 2.81 bits per heavy atom. The zero-order chi connectivity index (χ0) is 11.9. The molecule has 2 rings (SSSR count). The van der Waals surface area contributed by atoms with E-state index >= 15 is 0 Å². The molecule has 0 spiro atoms. The zero-order valence-corrected chi connectivity index (χ0v) is 9.47. The zero-order valence-electron chi connectivity index (χ0n) is 9.47. The first-order valence-electron chi connectivity index (χ1n) is 5.58. The first-order chi connectivity index (χ1) is 7.50. The van der Waals surface area contributed by atoms with Gasteiger partial charge in [0.2, 0.25) is 0 Å². The normalized spacial score (nSPS) is 38.4. The standard InChI is InChI=1S/C12H16O4/c1-6-5-10(15)16-12-8(6)3-4-9(14)11(12)7(2)13/h5,8-9,11-12,14H,3-4H2,1-2H3. The predicted molar refractivity (Wildman–Crippen MR) is 56.5 cm³/mol. The number of hydrogen-bond acceptors (Lipinski definition) is 4. The van der Waals surface area contributed by atoms with Crippen LogP contribution in [0.2, 0.25) is 0 Å². The molecule has 1 N–H and O–H groups in total. The summed E-state index contributed by atoms with van der Waals surface area (Å²) in [4.78, 5) is 22.8. The number of esters is 1. The minimum absolute atomic E-state index is 0.0926. The monoisotopic (exact) mass is 224 g/mol. The molecule has 0 radical (unpaired) electrons. The van der Waals surface area contributed by atoms with Crippen molar-refractivity contribution in [1.82, 2.24) is 0 Å². The number of carbonyl (C=O) groups excluding carboxylic acids is 2. The predicted octanol–water partition coefficient (Wildman–Crippen LogP) is 0.834. The average Bonchev–Trinajstić information content (AvgIpc) is 2.15. The molecule has 0 aromatic rings. The van der Waals surface area contributed by atoms with Crippen molar-refractivity contribution in [2.75, 3.05) is 0 Å². The Kier molecular flexibility index (Phi) is 2.84. The maximum atomic E-state index is 11.5. The molecule has 16 heavy (non-hydrogen) atoms. The smallest absolute Gasteiger partial charge is 0.331 e. The van der Waals surface area contributed by atoms with E-state index < -0.39 is 24.1 Å². The molecular formula is C12H16O4. The minimum Gasteiger partial charge on any atom is -0.458 e. The van der Waals surface area contributed by atoms with Crippen LogP contribution in [0.5, 0.6) is 0 Å². The van der Waals surface area contributed by atoms with E-state index in [-0.39, 0.29) is 11.7 Å². The fourth-order valence-electron chi connectivity index (χ4n) is 2.77. The molecule has 0 bridgehead atoms. The van der Waals surface area contributed by atoms with Gasteiger partial charge in [-0.1, -0.05) is 5.57 Å². The van der Waals surface area contributed by atoms with Crippen molar-refractivity contribution in [2.45, 2.75) is 38.9 Å². The van der Waals surface area contributed by atoms with Crippen LogP contribution >= 0.6 is 0 Å². The Hall–Kier alpha value is -1.16. The van der Waals surface area contributed by atoms with E-state index in [1.807, 2.05) is 6.92 Å². The molecule has 4 heteroatoms. The van der Waals surface area contributed by atoms with Crippen LogP contribution in [0, 0.1) is 11.8 Å². The molecule has 1 aliphatic carbocycles. The molecule has 4 nitrogen and oxygen atoms in total. The van der Waals surface area contributed by atoms with Gasteiger partial charge in [0.05, 0.1) is 12.0 Å². The quantitative estimate of drug-likeness (QED) is 0.670. The van der Waals surface area contributed by atoms with Crippen LogP contribution in [-0.4, -0.2) is 29.1 Å². The van der Waals surface area contributed by atoms with Gasteiger partial charge >= 0.3 is 5.97 Å². The molecule has 4 unspecified atom stereocenters. The molecule has 0 amide bonds.